The summed E-state index contributed by atoms with van der Waals surface area (Å²) in [5, 5.41) is 3.46. The number of benzene rings is 2. The van der Waals surface area contributed by atoms with Gasteiger partial charge in [-0.3, -0.25) is 4.79 Å². The fraction of sp³-hybridized carbons (Fsp3) is 0.133. The standard InChI is InChI=1S/C15H13ClINO/c1-9-3-5-12(7-10(9)2)18-15(19)11-4-6-14(17)13(16)8-11/h3-8H,1-2H3,(H,18,19). The molecule has 0 unspecified atom stereocenters. The van der Waals surface area contributed by atoms with Crippen molar-refractivity contribution < 1.29 is 4.79 Å². The van der Waals surface area contributed by atoms with Crippen molar-refractivity contribution in [3.63, 3.8) is 0 Å². The first-order valence-electron chi connectivity index (χ1n) is 5.81. The number of anilines is 1. The zero-order valence-corrected chi connectivity index (χ0v) is 13.5. The molecule has 0 saturated heterocycles. The van der Waals surface area contributed by atoms with E-state index >= 15 is 0 Å². The van der Waals surface area contributed by atoms with Gasteiger partial charge in [0.15, 0.2) is 0 Å². The Bertz CT molecular complexity index is 640. The summed E-state index contributed by atoms with van der Waals surface area (Å²) in [4.78, 5) is 12.1. The van der Waals surface area contributed by atoms with E-state index in [2.05, 4.69) is 27.9 Å². The lowest BCUT2D eigenvalue weighted by Gasteiger charge is -2.08. The van der Waals surface area contributed by atoms with Gasteiger partial charge in [0.2, 0.25) is 0 Å². The van der Waals surface area contributed by atoms with Gasteiger partial charge in [-0.1, -0.05) is 17.7 Å². The van der Waals surface area contributed by atoms with Crippen molar-refractivity contribution in [3.05, 3.63) is 61.7 Å². The number of halogens is 2. The molecule has 19 heavy (non-hydrogen) atoms. The molecular formula is C15H13ClINO. The number of aryl methyl sites for hydroxylation is 2. The van der Waals surface area contributed by atoms with Crippen LogP contribution >= 0.6 is 34.2 Å². The molecule has 0 aliphatic carbocycles. The summed E-state index contributed by atoms with van der Waals surface area (Å²) in [6, 6.07) is 11.1. The van der Waals surface area contributed by atoms with Crippen LogP contribution in [0.3, 0.4) is 0 Å². The molecule has 2 rings (SSSR count). The summed E-state index contributed by atoms with van der Waals surface area (Å²) >= 11 is 8.15. The minimum Gasteiger partial charge on any atom is -0.322 e. The second kappa shape index (κ2) is 5.92. The van der Waals surface area contributed by atoms with Crippen LogP contribution in [0.4, 0.5) is 5.69 Å². The average Bonchev–Trinajstić information content (AvgIpc) is 2.37. The first-order chi connectivity index (χ1) is 8.97. The van der Waals surface area contributed by atoms with E-state index in [1.54, 1.807) is 12.1 Å². The number of hydrogen-bond acceptors (Lipinski definition) is 1. The fourth-order valence-electron chi connectivity index (χ4n) is 1.66. The zero-order valence-electron chi connectivity index (χ0n) is 10.6. The third kappa shape index (κ3) is 3.48. The first kappa shape index (κ1) is 14.3. The van der Waals surface area contributed by atoms with Crippen molar-refractivity contribution in [2.24, 2.45) is 0 Å². The molecule has 0 saturated carbocycles. The highest BCUT2D eigenvalue weighted by Crippen LogP contribution is 2.21. The summed E-state index contributed by atoms with van der Waals surface area (Å²) in [6.45, 7) is 4.06. The van der Waals surface area contributed by atoms with Gasteiger partial charge >= 0.3 is 0 Å². The molecule has 2 nitrogen and oxygen atoms in total. The number of nitrogens with one attached hydrogen (secondary N) is 1. The van der Waals surface area contributed by atoms with Gasteiger partial charge in [0.25, 0.3) is 5.91 Å². The van der Waals surface area contributed by atoms with Gasteiger partial charge in [0.1, 0.15) is 0 Å². The molecule has 0 atom stereocenters. The molecule has 0 spiro atoms. The van der Waals surface area contributed by atoms with E-state index in [9.17, 15) is 4.79 Å². The highest BCUT2D eigenvalue weighted by Gasteiger charge is 2.08. The van der Waals surface area contributed by atoms with Gasteiger partial charge in [-0.15, -0.1) is 0 Å². The molecule has 2 aromatic rings. The average molecular weight is 386 g/mol. The lowest BCUT2D eigenvalue weighted by molar-refractivity contribution is 0.102. The molecule has 4 heteroatoms. The maximum Gasteiger partial charge on any atom is 0.255 e. The van der Waals surface area contributed by atoms with Crippen molar-refractivity contribution in [2.75, 3.05) is 5.32 Å². The van der Waals surface area contributed by atoms with Crippen LogP contribution < -0.4 is 5.32 Å². The van der Waals surface area contributed by atoms with Crippen LogP contribution in [0.5, 0.6) is 0 Å². The van der Waals surface area contributed by atoms with Crippen LogP contribution in [0, 0.1) is 17.4 Å². The van der Waals surface area contributed by atoms with E-state index < -0.39 is 0 Å². The maximum atomic E-state index is 12.1. The molecule has 0 heterocycles. The van der Waals surface area contributed by atoms with E-state index in [1.165, 1.54) is 5.56 Å². The predicted molar refractivity (Wildman–Crippen MR) is 88.0 cm³/mol. The molecule has 98 valence electrons. The number of hydrogen-bond donors (Lipinski definition) is 1. The Morgan fingerprint density at radius 1 is 1.11 bits per heavy atom. The van der Waals surface area contributed by atoms with Crippen LogP contribution in [-0.2, 0) is 0 Å². The molecule has 1 N–H and O–H groups in total. The van der Waals surface area contributed by atoms with Crippen LogP contribution in [0.15, 0.2) is 36.4 Å². The van der Waals surface area contributed by atoms with Crippen LogP contribution in [-0.4, -0.2) is 5.91 Å². The van der Waals surface area contributed by atoms with Crippen molar-refractivity contribution >= 4 is 45.8 Å². The van der Waals surface area contributed by atoms with E-state index in [1.807, 2.05) is 38.1 Å². The molecule has 0 fully saturated rings. The second-order valence-electron chi connectivity index (χ2n) is 4.38. The molecule has 0 radical (unpaired) electrons. The number of amides is 1. The van der Waals surface area contributed by atoms with Gasteiger partial charge in [-0.05, 0) is 77.9 Å². The Kier molecular flexibility index (Phi) is 4.47. The Labute approximate surface area is 131 Å². The van der Waals surface area contributed by atoms with Crippen molar-refractivity contribution in [3.8, 4) is 0 Å². The van der Waals surface area contributed by atoms with Gasteiger partial charge in [-0.2, -0.15) is 0 Å². The number of rotatable bonds is 2. The van der Waals surface area contributed by atoms with E-state index in [4.69, 9.17) is 11.6 Å². The quantitative estimate of drug-likeness (QED) is 0.738. The van der Waals surface area contributed by atoms with Gasteiger partial charge in [-0.25, -0.2) is 0 Å². The second-order valence-corrected chi connectivity index (χ2v) is 5.95. The smallest absolute Gasteiger partial charge is 0.255 e. The first-order valence-corrected chi connectivity index (χ1v) is 7.26. The van der Waals surface area contributed by atoms with Crippen molar-refractivity contribution in [1.29, 1.82) is 0 Å². The lowest BCUT2D eigenvalue weighted by atomic mass is 10.1. The van der Waals surface area contributed by atoms with Gasteiger partial charge in [0, 0.05) is 14.8 Å². The minimum atomic E-state index is -0.151. The largest absolute Gasteiger partial charge is 0.322 e. The normalized spacial score (nSPS) is 10.3. The van der Waals surface area contributed by atoms with E-state index in [-0.39, 0.29) is 5.91 Å². The highest BCUT2D eigenvalue weighted by atomic mass is 127. The number of carbonyl (C=O) groups is 1. The minimum absolute atomic E-state index is 0.151. The third-order valence-corrected chi connectivity index (χ3v) is 4.52. The Morgan fingerprint density at radius 3 is 2.47 bits per heavy atom. The van der Waals surface area contributed by atoms with Crippen LogP contribution in [0.2, 0.25) is 5.02 Å². The molecular weight excluding hydrogens is 373 g/mol. The summed E-state index contributed by atoms with van der Waals surface area (Å²) in [7, 11) is 0. The van der Waals surface area contributed by atoms with Crippen LogP contribution in [0.25, 0.3) is 0 Å². The number of carbonyl (C=O) groups excluding carboxylic acids is 1. The molecule has 2 aromatic carbocycles. The fourth-order valence-corrected chi connectivity index (χ4v) is 2.18. The SMILES string of the molecule is Cc1ccc(NC(=O)c2ccc(I)c(Cl)c2)cc1C. The van der Waals surface area contributed by atoms with E-state index in [0.29, 0.717) is 10.6 Å². The zero-order chi connectivity index (χ0) is 14.0. The maximum absolute atomic E-state index is 12.1. The molecule has 0 bridgehead atoms. The summed E-state index contributed by atoms with van der Waals surface area (Å²) in [5.74, 6) is -0.151. The lowest BCUT2D eigenvalue weighted by Crippen LogP contribution is -2.12. The monoisotopic (exact) mass is 385 g/mol. The Hall–Kier alpha value is -1.07. The molecule has 0 aliphatic heterocycles. The van der Waals surface area contributed by atoms with Crippen molar-refractivity contribution in [1.82, 2.24) is 0 Å². The third-order valence-electron chi connectivity index (χ3n) is 2.95. The predicted octanol–water partition coefficient (Wildman–Crippen LogP) is 4.81. The molecule has 0 aliphatic rings. The molecule has 0 aromatic heterocycles. The van der Waals surface area contributed by atoms with Crippen LogP contribution in [0.1, 0.15) is 21.5 Å². The summed E-state index contributed by atoms with van der Waals surface area (Å²) < 4.78 is 0.932. The molecule has 1 amide bonds. The Morgan fingerprint density at radius 2 is 1.84 bits per heavy atom. The summed E-state index contributed by atoms with van der Waals surface area (Å²) in [6.07, 6.45) is 0. The highest BCUT2D eigenvalue weighted by molar-refractivity contribution is 14.1. The van der Waals surface area contributed by atoms with E-state index in [0.717, 1.165) is 14.8 Å². The van der Waals surface area contributed by atoms with Crippen molar-refractivity contribution in [2.45, 2.75) is 13.8 Å². The van der Waals surface area contributed by atoms with Gasteiger partial charge < -0.3 is 5.32 Å². The Balaban J connectivity index is 2.20. The van der Waals surface area contributed by atoms with Gasteiger partial charge in [0.05, 0.1) is 5.02 Å². The topological polar surface area (TPSA) is 29.1 Å². The summed E-state index contributed by atoms with van der Waals surface area (Å²) in [5.41, 5.74) is 3.71.